The summed E-state index contributed by atoms with van der Waals surface area (Å²) >= 11 is 0. The predicted octanol–water partition coefficient (Wildman–Crippen LogP) is 3.44. The van der Waals surface area contributed by atoms with Gasteiger partial charge < -0.3 is 15.4 Å². The molecule has 6 nitrogen and oxygen atoms in total. The Morgan fingerprint density at radius 1 is 0.765 bits per heavy atom. The molecule has 0 aliphatic carbocycles. The third-order valence-corrected chi connectivity index (χ3v) is 5.35. The summed E-state index contributed by atoms with van der Waals surface area (Å²) in [6.45, 7) is 1.30. The summed E-state index contributed by atoms with van der Waals surface area (Å²) in [6, 6.07) is 21.4. The Morgan fingerprint density at radius 3 is 1.85 bits per heavy atom. The highest BCUT2D eigenvalue weighted by Crippen LogP contribution is 2.20. The van der Waals surface area contributed by atoms with E-state index in [1.165, 1.54) is 26.2 Å². The lowest BCUT2D eigenvalue weighted by molar-refractivity contribution is -0.145. The fraction of sp³-hybridized carbons (Fsp3) is 0.222. The predicted molar refractivity (Wildman–Crippen MR) is 127 cm³/mol. The van der Waals surface area contributed by atoms with Crippen LogP contribution in [0.15, 0.2) is 78.9 Å². The summed E-state index contributed by atoms with van der Waals surface area (Å²) in [4.78, 5) is 37.1. The normalized spacial score (nSPS) is 12.3. The Bertz CT molecular complexity index is 1120. The maximum atomic E-state index is 13.2. The van der Waals surface area contributed by atoms with Gasteiger partial charge in [0.2, 0.25) is 11.8 Å². The van der Waals surface area contributed by atoms with Crippen LogP contribution in [0.3, 0.4) is 0 Å². The Labute approximate surface area is 198 Å². The summed E-state index contributed by atoms with van der Waals surface area (Å²) in [6.07, 6.45) is 0.363. The third-order valence-electron chi connectivity index (χ3n) is 5.35. The molecular formula is C27H27FN2O4. The number of esters is 1. The zero-order valence-electron chi connectivity index (χ0n) is 19.1. The first-order valence-corrected chi connectivity index (χ1v) is 10.9. The molecular weight excluding hydrogens is 435 g/mol. The molecule has 0 aliphatic rings. The standard InChI is InChI=1S/C27H27FN2O4/c1-18(31)29-24(16-20-10-14-23(28)15-11-20)26(32)30-25(27(33)34-2)17-19-8-12-22(13-9-19)21-6-4-3-5-7-21/h3-15,24-25H,16-17H2,1-2H3,(H,29,31)(H,30,32)/t24-,25+/m1/s1. The molecule has 3 rings (SSSR count). The number of halogens is 1. The highest BCUT2D eigenvalue weighted by Gasteiger charge is 2.27. The van der Waals surface area contributed by atoms with Crippen molar-refractivity contribution in [3.05, 3.63) is 95.8 Å². The van der Waals surface area contributed by atoms with Crippen LogP contribution < -0.4 is 10.6 Å². The smallest absolute Gasteiger partial charge is 0.328 e. The highest BCUT2D eigenvalue weighted by molar-refractivity contribution is 5.90. The average molecular weight is 463 g/mol. The van der Waals surface area contributed by atoms with E-state index in [1.807, 2.05) is 54.6 Å². The molecule has 0 aromatic heterocycles. The van der Waals surface area contributed by atoms with Crippen LogP contribution in [-0.2, 0) is 32.0 Å². The topological polar surface area (TPSA) is 84.5 Å². The summed E-state index contributed by atoms with van der Waals surface area (Å²) in [5.74, 6) is -1.92. The molecule has 0 aliphatic heterocycles. The van der Waals surface area contributed by atoms with Crippen molar-refractivity contribution in [2.45, 2.75) is 31.8 Å². The van der Waals surface area contributed by atoms with E-state index in [9.17, 15) is 18.8 Å². The lowest BCUT2D eigenvalue weighted by Crippen LogP contribution is -2.53. The minimum absolute atomic E-state index is 0.144. The van der Waals surface area contributed by atoms with Crippen molar-refractivity contribution in [2.75, 3.05) is 7.11 Å². The van der Waals surface area contributed by atoms with E-state index >= 15 is 0 Å². The van der Waals surface area contributed by atoms with Gasteiger partial charge in [-0.15, -0.1) is 0 Å². The van der Waals surface area contributed by atoms with Crippen LogP contribution in [0, 0.1) is 5.82 Å². The van der Waals surface area contributed by atoms with Gasteiger partial charge in [0, 0.05) is 19.8 Å². The second-order valence-corrected chi connectivity index (χ2v) is 7.94. The van der Waals surface area contributed by atoms with Crippen LogP contribution in [0.25, 0.3) is 11.1 Å². The number of benzene rings is 3. The van der Waals surface area contributed by atoms with E-state index < -0.39 is 35.7 Å². The maximum Gasteiger partial charge on any atom is 0.328 e. The molecule has 0 radical (unpaired) electrons. The molecule has 3 aromatic carbocycles. The summed E-state index contributed by atoms with van der Waals surface area (Å²) in [5, 5.41) is 5.30. The number of carbonyl (C=O) groups excluding carboxylic acids is 3. The van der Waals surface area contributed by atoms with Gasteiger partial charge in [0.05, 0.1) is 7.11 Å². The number of hydrogen-bond donors (Lipinski definition) is 2. The van der Waals surface area contributed by atoms with Crippen molar-refractivity contribution >= 4 is 17.8 Å². The van der Waals surface area contributed by atoms with E-state index in [1.54, 1.807) is 12.1 Å². The van der Waals surface area contributed by atoms with Crippen molar-refractivity contribution in [1.29, 1.82) is 0 Å². The van der Waals surface area contributed by atoms with E-state index in [-0.39, 0.29) is 12.8 Å². The Balaban J connectivity index is 1.73. The zero-order valence-corrected chi connectivity index (χ0v) is 19.1. The van der Waals surface area contributed by atoms with Gasteiger partial charge in [-0.1, -0.05) is 66.7 Å². The molecule has 3 aromatic rings. The van der Waals surface area contributed by atoms with Crippen molar-refractivity contribution in [1.82, 2.24) is 10.6 Å². The molecule has 0 unspecified atom stereocenters. The van der Waals surface area contributed by atoms with Crippen molar-refractivity contribution < 1.29 is 23.5 Å². The molecule has 2 N–H and O–H groups in total. The van der Waals surface area contributed by atoms with Gasteiger partial charge in [-0.05, 0) is 34.4 Å². The van der Waals surface area contributed by atoms with E-state index in [2.05, 4.69) is 10.6 Å². The average Bonchev–Trinajstić information content (AvgIpc) is 2.84. The third kappa shape index (κ3) is 7.00. The quantitative estimate of drug-likeness (QED) is 0.477. The highest BCUT2D eigenvalue weighted by atomic mass is 19.1. The van der Waals surface area contributed by atoms with Crippen LogP contribution >= 0.6 is 0 Å². The Morgan fingerprint density at radius 2 is 1.29 bits per heavy atom. The van der Waals surface area contributed by atoms with Gasteiger partial charge in [-0.3, -0.25) is 9.59 Å². The van der Waals surface area contributed by atoms with Crippen molar-refractivity contribution in [2.24, 2.45) is 0 Å². The number of ether oxygens (including phenoxy) is 1. The molecule has 176 valence electrons. The van der Waals surface area contributed by atoms with Crippen molar-refractivity contribution in [3.8, 4) is 11.1 Å². The van der Waals surface area contributed by atoms with Gasteiger partial charge in [0.25, 0.3) is 0 Å². The zero-order chi connectivity index (χ0) is 24.5. The second-order valence-electron chi connectivity index (χ2n) is 7.94. The minimum atomic E-state index is -0.940. The van der Waals surface area contributed by atoms with E-state index in [0.717, 1.165) is 16.7 Å². The fourth-order valence-electron chi connectivity index (χ4n) is 3.62. The number of hydrogen-bond acceptors (Lipinski definition) is 4. The molecule has 0 spiro atoms. The van der Waals surface area contributed by atoms with E-state index in [4.69, 9.17) is 4.74 Å². The molecule has 0 heterocycles. The van der Waals surface area contributed by atoms with Gasteiger partial charge in [-0.25, -0.2) is 9.18 Å². The number of amides is 2. The molecule has 0 saturated carbocycles. The molecule has 0 bridgehead atoms. The first-order chi connectivity index (χ1) is 16.4. The summed E-state index contributed by atoms with van der Waals surface area (Å²) in [7, 11) is 1.25. The monoisotopic (exact) mass is 462 g/mol. The molecule has 0 saturated heterocycles. The minimum Gasteiger partial charge on any atom is -0.467 e. The first-order valence-electron chi connectivity index (χ1n) is 10.9. The molecule has 2 amide bonds. The SMILES string of the molecule is COC(=O)[C@H](Cc1ccc(-c2ccccc2)cc1)NC(=O)[C@@H](Cc1ccc(F)cc1)NC(C)=O. The van der Waals surface area contributed by atoms with Gasteiger partial charge in [0.1, 0.15) is 17.9 Å². The maximum absolute atomic E-state index is 13.2. The fourth-order valence-corrected chi connectivity index (χ4v) is 3.62. The molecule has 7 heteroatoms. The molecule has 2 atom stereocenters. The summed E-state index contributed by atoms with van der Waals surface area (Å²) in [5.41, 5.74) is 3.62. The van der Waals surface area contributed by atoms with Crippen LogP contribution in [0.1, 0.15) is 18.1 Å². The van der Waals surface area contributed by atoms with Gasteiger partial charge in [0.15, 0.2) is 0 Å². The number of rotatable bonds is 9. The molecule has 34 heavy (non-hydrogen) atoms. The van der Waals surface area contributed by atoms with Crippen LogP contribution in [0.4, 0.5) is 4.39 Å². The lowest BCUT2D eigenvalue weighted by Gasteiger charge is -2.22. The summed E-state index contributed by atoms with van der Waals surface area (Å²) < 4.78 is 18.1. The van der Waals surface area contributed by atoms with Crippen LogP contribution in [0.5, 0.6) is 0 Å². The lowest BCUT2D eigenvalue weighted by atomic mass is 10.00. The van der Waals surface area contributed by atoms with Crippen LogP contribution in [-0.4, -0.2) is 37.0 Å². The van der Waals surface area contributed by atoms with Gasteiger partial charge in [-0.2, -0.15) is 0 Å². The Kier molecular flexibility index (Phi) is 8.51. The van der Waals surface area contributed by atoms with Crippen LogP contribution in [0.2, 0.25) is 0 Å². The number of carbonyl (C=O) groups is 3. The largest absolute Gasteiger partial charge is 0.467 e. The first kappa shape index (κ1) is 24.6. The van der Waals surface area contributed by atoms with E-state index in [0.29, 0.717) is 5.56 Å². The van der Waals surface area contributed by atoms with Crippen molar-refractivity contribution in [3.63, 3.8) is 0 Å². The Hall–Kier alpha value is -4.00. The van der Waals surface area contributed by atoms with Gasteiger partial charge >= 0.3 is 5.97 Å². The number of methoxy groups -OCH3 is 1. The number of nitrogens with one attached hydrogen (secondary N) is 2. The second kappa shape index (κ2) is 11.7. The molecule has 0 fully saturated rings.